The van der Waals surface area contributed by atoms with E-state index >= 15 is 0 Å². The minimum atomic E-state index is -1.61. The molecule has 0 nitrogen and oxygen atoms in total. The fourth-order valence-corrected chi connectivity index (χ4v) is 23.2. The van der Waals surface area contributed by atoms with Crippen molar-refractivity contribution in [2.45, 2.75) is 422 Å². The van der Waals surface area contributed by atoms with E-state index in [0.29, 0.717) is 0 Å². The molecule has 4 unspecified atom stereocenters. The molecule has 554 valence electrons. The molecule has 0 N–H and O–H groups in total. The molecule has 94 heavy (non-hydrogen) atoms. The first-order chi connectivity index (χ1) is 45.9. The fraction of sp³-hybridized carbons (Fsp3) is 0.881. The third-order valence-corrected chi connectivity index (χ3v) is 30.3. The van der Waals surface area contributed by atoms with Crippen molar-refractivity contribution in [1.82, 2.24) is 0 Å². The molecule has 12 aliphatic rings. The van der Waals surface area contributed by atoms with Gasteiger partial charge in [-0.15, -0.1) is 37.0 Å². The second-order valence-corrected chi connectivity index (χ2v) is 47.4. The van der Waals surface area contributed by atoms with E-state index in [0.717, 1.165) is 75.5 Å². The van der Waals surface area contributed by atoms with Gasteiger partial charge in [-0.1, -0.05) is 334 Å². The van der Waals surface area contributed by atoms with E-state index in [4.69, 9.17) is 38.8 Å². The molecule has 12 saturated carbocycles. The van der Waals surface area contributed by atoms with Crippen LogP contribution in [0, 0.1) is 47.3 Å². The second-order valence-electron chi connectivity index (χ2n) is 32.1. The van der Waals surface area contributed by atoms with Crippen molar-refractivity contribution in [3.63, 3.8) is 0 Å². The van der Waals surface area contributed by atoms with Crippen LogP contribution in [0.4, 0.5) is 0 Å². The van der Waals surface area contributed by atoms with Crippen LogP contribution in [-0.2, 0) is 27.0 Å². The van der Waals surface area contributed by atoms with Crippen LogP contribution in [0.5, 0.6) is 0 Å². The molecule has 0 bridgehead atoms. The summed E-state index contributed by atoms with van der Waals surface area (Å²) in [6, 6.07) is 9.89. The monoisotopic (exact) mass is 1630 g/mol. The molecule has 0 radical (unpaired) electrons. The Morgan fingerprint density at radius 3 is 0.553 bits per heavy atom. The summed E-state index contributed by atoms with van der Waals surface area (Å²) < 4.78 is 3.80. The summed E-state index contributed by atoms with van der Waals surface area (Å²) in [6.45, 7) is 4.03. The zero-order chi connectivity index (χ0) is 67.3. The molecule has 0 saturated heterocycles. The molecule has 13 rings (SSSR count). The van der Waals surface area contributed by atoms with E-state index in [1.165, 1.54) is 288 Å². The predicted octanol–water partition coefficient (Wildman–Crippen LogP) is 30.8. The summed E-state index contributed by atoms with van der Waals surface area (Å²) >= 11 is -3.13. The molecule has 0 spiro atoms. The first-order valence-corrected chi connectivity index (χ1v) is 54.9. The fourth-order valence-electron chi connectivity index (χ4n) is 18.2. The van der Waals surface area contributed by atoms with E-state index in [1.807, 2.05) is 59.5 Å². The van der Waals surface area contributed by atoms with Gasteiger partial charge in [0.15, 0.2) is 0 Å². The molecule has 12 aliphatic carbocycles. The van der Waals surface area contributed by atoms with Crippen molar-refractivity contribution >= 4 is 84.9 Å². The van der Waals surface area contributed by atoms with E-state index in [9.17, 15) is 0 Å². The number of benzene rings is 1. The van der Waals surface area contributed by atoms with Crippen LogP contribution >= 0.6 is 75.7 Å². The Hall–Kier alpha value is 2.83. The first kappa shape index (κ1) is 89.2. The third kappa shape index (κ3) is 48.0. The van der Waals surface area contributed by atoms with Gasteiger partial charge in [-0.3, -0.25) is 0 Å². The van der Waals surface area contributed by atoms with Gasteiger partial charge in [-0.25, -0.2) is 0 Å². The first-order valence-electron chi connectivity index (χ1n) is 41.2. The molecule has 0 aromatic heterocycles. The molecular formula is C84H154Cl4P4Ru2. The van der Waals surface area contributed by atoms with Crippen LogP contribution < -0.4 is 0 Å². The molecule has 0 aliphatic heterocycles. The summed E-state index contributed by atoms with van der Waals surface area (Å²) in [6.07, 6.45) is 92.8. The van der Waals surface area contributed by atoms with Gasteiger partial charge in [0.05, 0.1) is 0 Å². The van der Waals surface area contributed by atoms with Gasteiger partial charge >= 0.3 is 136 Å². The Bertz CT molecular complexity index is 1630. The van der Waals surface area contributed by atoms with Crippen molar-refractivity contribution < 1.29 is 27.0 Å². The van der Waals surface area contributed by atoms with E-state index in [2.05, 4.69) is 37.0 Å². The van der Waals surface area contributed by atoms with Gasteiger partial charge in [0.25, 0.3) is 0 Å². The number of rotatable bonds is 6. The number of halogens is 4. The molecule has 12 fully saturated rings. The van der Waals surface area contributed by atoms with Crippen LogP contribution in [0.15, 0.2) is 42.0 Å². The Labute approximate surface area is 622 Å². The number of hydrogen-bond donors (Lipinski definition) is 0. The van der Waals surface area contributed by atoms with Gasteiger partial charge in [0.1, 0.15) is 0 Å². The van der Waals surface area contributed by atoms with E-state index in [-0.39, 0.29) is 0 Å². The van der Waals surface area contributed by atoms with Gasteiger partial charge in [0, 0.05) is 0 Å². The maximum atomic E-state index is 5.67. The van der Waals surface area contributed by atoms with Crippen molar-refractivity contribution in [2.24, 2.45) is 47.3 Å². The molecule has 0 amide bonds. The van der Waals surface area contributed by atoms with Crippen molar-refractivity contribution in [3.05, 3.63) is 47.5 Å². The van der Waals surface area contributed by atoms with Crippen molar-refractivity contribution in [1.29, 1.82) is 0 Å². The maximum absolute atomic E-state index is 5.67. The molecule has 1 aromatic carbocycles. The van der Waals surface area contributed by atoms with Gasteiger partial charge in [-0.05, 0) is 121 Å². The van der Waals surface area contributed by atoms with Crippen LogP contribution in [0.25, 0.3) is 0 Å². The zero-order valence-corrected chi connectivity index (χ0v) is 72.6. The van der Waals surface area contributed by atoms with E-state index in [1.54, 1.807) is 103 Å². The Kier molecular flexibility index (Phi) is 57.9. The quantitative estimate of drug-likeness (QED) is 0.197. The standard InChI is InChI=1S/4C12H22.C7H6.4C6H13P.C5H8.4ClH.2Ru/c4*1-3-7-11(8-4-1)12-9-5-2-6-10-12;1-7-5-3-2-4-6-7;4*7-6-4-2-1-3-5-6;1-4-5(2)3;;;;;;/h4*11-12H,1-10H2;1-6H;4*6H,1-5,7H2;1,4H,2-3H3;4*1H;;/q;;;;;;;;;;;;;;2*+2/p-4. The topological polar surface area (TPSA) is 0 Å². The van der Waals surface area contributed by atoms with Crippen LogP contribution in [0.2, 0.25) is 0 Å². The summed E-state index contributed by atoms with van der Waals surface area (Å²) in [7, 11) is 34.0. The minimum absolute atomic E-state index is 0.953. The SMILES string of the molecule is C1CCC(C2CCCCC2)CC1.C1CCC(C2CCCCC2)CC1.C1CCC(C2CCCCC2)CC1.C1CCC(C2CCCCC2)CC1.CC(C)=C[CH]=[Ru]([Cl])[Cl].PC1CCCCC1.PC1CCCCC1.PC1CCCCC1.PC1CCCCC1.[Cl][Ru]([Cl])=[CH]c1ccccc1. The molecule has 1 aromatic rings. The summed E-state index contributed by atoms with van der Waals surface area (Å²) in [5, 5.41) is 0. The Morgan fingerprint density at radius 1 is 0.266 bits per heavy atom. The third-order valence-electron chi connectivity index (χ3n) is 23.9. The Balaban J connectivity index is 0.000000224. The average molecular weight is 1630 g/mol. The predicted molar refractivity (Wildman–Crippen MR) is 439 cm³/mol. The van der Waals surface area contributed by atoms with E-state index < -0.39 is 27.0 Å². The Morgan fingerprint density at radius 2 is 0.436 bits per heavy atom. The zero-order valence-electron chi connectivity index (χ0n) is 61.5. The van der Waals surface area contributed by atoms with Crippen LogP contribution in [0.3, 0.4) is 0 Å². The second kappa shape index (κ2) is 61.0. The average Bonchev–Trinajstić information content (AvgIpc) is 3.82. The van der Waals surface area contributed by atoms with Gasteiger partial charge in [0.2, 0.25) is 0 Å². The number of allylic oxidation sites excluding steroid dienone is 2. The van der Waals surface area contributed by atoms with Crippen LogP contribution in [-0.4, -0.2) is 31.9 Å². The molecular weight excluding hydrogens is 1480 g/mol. The molecule has 4 atom stereocenters. The van der Waals surface area contributed by atoms with Gasteiger partial charge in [-0.2, -0.15) is 0 Å². The summed E-state index contributed by atoms with van der Waals surface area (Å²) in [4.78, 5) is 0. The summed E-state index contributed by atoms with van der Waals surface area (Å²) in [5.74, 6) is 9.10. The number of hydrogen-bond acceptors (Lipinski definition) is 0. The van der Waals surface area contributed by atoms with Crippen molar-refractivity contribution in [2.75, 3.05) is 0 Å². The molecule has 10 heteroatoms. The van der Waals surface area contributed by atoms with Crippen LogP contribution in [0.1, 0.15) is 405 Å². The van der Waals surface area contributed by atoms with Crippen molar-refractivity contribution in [3.8, 4) is 0 Å². The van der Waals surface area contributed by atoms with Gasteiger partial charge < -0.3 is 0 Å². The molecule has 0 heterocycles. The normalized spacial score (nSPS) is 24.4. The summed E-state index contributed by atoms with van der Waals surface area (Å²) in [5.41, 5.74) is 6.17.